The van der Waals surface area contributed by atoms with Gasteiger partial charge in [-0.3, -0.25) is 9.36 Å². The van der Waals surface area contributed by atoms with Crippen molar-refractivity contribution < 1.29 is 10.2 Å². The molecule has 2 aromatic carbocycles. The van der Waals surface area contributed by atoms with Crippen molar-refractivity contribution >= 4 is 51.7 Å². The smallest absolute Gasteiger partial charge is 0.262 e. The second-order valence-electron chi connectivity index (χ2n) is 12.9. The summed E-state index contributed by atoms with van der Waals surface area (Å²) in [7, 11) is 0. The molecule has 9 nitrogen and oxygen atoms in total. The molecule has 0 amide bonds. The molecule has 3 aromatic rings. The summed E-state index contributed by atoms with van der Waals surface area (Å²) in [5.74, 6) is 3.00. The van der Waals surface area contributed by atoms with E-state index in [4.69, 9.17) is 33.2 Å². The number of aryl methyl sites for hydroxylation is 1. The monoisotopic (exact) mass is 626 g/mol. The van der Waals surface area contributed by atoms with E-state index in [2.05, 4.69) is 36.3 Å². The first kappa shape index (κ1) is 30.2. The van der Waals surface area contributed by atoms with Gasteiger partial charge in [0.1, 0.15) is 0 Å². The number of rotatable bonds is 8. The number of aliphatic hydroxyl groups is 2. The lowest BCUT2D eigenvalue weighted by Crippen LogP contribution is -2.58. The number of aliphatic imine (C=N–C) groups is 1. The average Bonchev–Trinajstić information content (AvgIpc) is 2.95. The molecule has 4 fully saturated rings. The molecular weight excluding hydrogens is 587 g/mol. The summed E-state index contributed by atoms with van der Waals surface area (Å²) < 4.78 is 1.58. The van der Waals surface area contributed by atoms with Gasteiger partial charge in [0, 0.05) is 41.9 Å². The standard InChI is InChI=1S/C32H40Cl2N6O3/c1-18-25-12-20(32(25,2)3)13-27(18)37-31(39-16-23(42)17-39)36-22-6-7-24-28(15-22)38-30(35-9-11-41)40(29(24)43)10-8-19-4-5-21(33)14-26(19)34/h4-7,14-15,18,20,23,25,27,41-42H,8-13,16-17H2,1-3H3,(H,35,38)(H,36,37)/t18?,20-,25+,27-/m0/s1. The molecule has 1 aliphatic heterocycles. The number of halogens is 2. The molecule has 2 bridgehead atoms. The number of aliphatic hydroxyl groups excluding tert-OH is 2. The zero-order chi connectivity index (χ0) is 30.5. The van der Waals surface area contributed by atoms with Crippen LogP contribution in [0.4, 0.5) is 11.6 Å². The second kappa shape index (κ2) is 11.9. The van der Waals surface area contributed by atoms with E-state index in [1.165, 1.54) is 6.42 Å². The summed E-state index contributed by atoms with van der Waals surface area (Å²) in [5.41, 5.74) is 2.38. The number of guanidine groups is 1. The van der Waals surface area contributed by atoms with E-state index >= 15 is 0 Å². The second-order valence-corrected chi connectivity index (χ2v) is 13.8. The number of benzene rings is 2. The van der Waals surface area contributed by atoms with Crippen LogP contribution in [-0.4, -0.2) is 69.0 Å². The van der Waals surface area contributed by atoms with Crippen LogP contribution in [0.3, 0.4) is 0 Å². The van der Waals surface area contributed by atoms with Crippen LogP contribution in [0.15, 0.2) is 46.2 Å². The van der Waals surface area contributed by atoms with Gasteiger partial charge in [-0.2, -0.15) is 0 Å². The van der Waals surface area contributed by atoms with Gasteiger partial charge < -0.3 is 25.7 Å². The summed E-state index contributed by atoms with van der Waals surface area (Å²) >= 11 is 12.4. The summed E-state index contributed by atoms with van der Waals surface area (Å²) in [6, 6.07) is 11.1. The Morgan fingerprint density at radius 2 is 1.95 bits per heavy atom. The highest BCUT2D eigenvalue weighted by molar-refractivity contribution is 6.35. The number of fused-ring (bicyclic) bond motifs is 3. The largest absolute Gasteiger partial charge is 0.395 e. The number of anilines is 2. The maximum absolute atomic E-state index is 13.7. The minimum atomic E-state index is -0.359. The Bertz CT molecular complexity index is 1600. The molecule has 1 saturated heterocycles. The zero-order valence-corrected chi connectivity index (χ0v) is 26.4. The van der Waals surface area contributed by atoms with Gasteiger partial charge in [-0.05, 0) is 78.3 Å². The third-order valence-electron chi connectivity index (χ3n) is 9.99. The predicted molar refractivity (Wildman–Crippen MR) is 173 cm³/mol. The summed E-state index contributed by atoms with van der Waals surface area (Å²) in [6.07, 6.45) is 2.52. The molecule has 43 heavy (non-hydrogen) atoms. The topological polar surface area (TPSA) is 115 Å². The average molecular weight is 628 g/mol. The molecule has 230 valence electrons. The number of aromatic nitrogens is 2. The van der Waals surface area contributed by atoms with Crippen LogP contribution >= 0.6 is 23.2 Å². The van der Waals surface area contributed by atoms with Crippen molar-refractivity contribution in [3.63, 3.8) is 0 Å². The van der Waals surface area contributed by atoms with Gasteiger partial charge in [0.25, 0.3) is 5.56 Å². The van der Waals surface area contributed by atoms with Gasteiger partial charge in [-0.25, -0.2) is 9.98 Å². The Labute approximate surface area is 261 Å². The maximum atomic E-state index is 13.7. The van der Waals surface area contributed by atoms with Gasteiger partial charge in [0.05, 0.1) is 29.7 Å². The van der Waals surface area contributed by atoms with Crippen molar-refractivity contribution in [1.82, 2.24) is 14.5 Å². The molecule has 0 radical (unpaired) electrons. The van der Waals surface area contributed by atoms with E-state index in [1.54, 1.807) is 22.8 Å². The van der Waals surface area contributed by atoms with Crippen LogP contribution in [0.2, 0.25) is 10.0 Å². The first-order chi connectivity index (χ1) is 20.5. The number of hydrogen-bond acceptors (Lipinski definition) is 6. The highest BCUT2D eigenvalue weighted by atomic mass is 35.5. The van der Waals surface area contributed by atoms with Crippen molar-refractivity contribution in [3.8, 4) is 0 Å². The lowest BCUT2D eigenvalue weighted by atomic mass is 9.45. The predicted octanol–water partition coefficient (Wildman–Crippen LogP) is 4.87. The summed E-state index contributed by atoms with van der Waals surface area (Å²) in [6.45, 7) is 8.68. The van der Waals surface area contributed by atoms with E-state index in [-0.39, 0.29) is 30.9 Å². The lowest BCUT2D eigenvalue weighted by molar-refractivity contribution is -0.108. The van der Waals surface area contributed by atoms with Gasteiger partial charge in [-0.1, -0.05) is 50.0 Å². The van der Waals surface area contributed by atoms with E-state index in [0.29, 0.717) is 76.1 Å². The normalized spacial score (nSPS) is 24.9. The number of nitrogens with zero attached hydrogens (tertiary/aromatic N) is 4. The number of likely N-dealkylation sites (tertiary alicyclic amines) is 1. The highest BCUT2D eigenvalue weighted by Crippen LogP contribution is 2.61. The van der Waals surface area contributed by atoms with Crippen molar-refractivity contribution in [1.29, 1.82) is 0 Å². The molecule has 4 atom stereocenters. The maximum Gasteiger partial charge on any atom is 0.262 e. The van der Waals surface area contributed by atoms with Crippen LogP contribution < -0.4 is 16.2 Å². The molecule has 1 aromatic heterocycles. The fraction of sp³-hybridized carbons (Fsp3) is 0.531. The Morgan fingerprint density at radius 3 is 2.63 bits per heavy atom. The lowest BCUT2D eigenvalue weighted by Gasteiger charge is -2.61. The number of hydrogen-bond donors (Lipinski definition) is 4. The molecule has 3 saturated carbocycles. The van der Waals surface area contributed by atoms with Gasteiger partial charge >= 0.3 is 0 Å². The summed E-state index contributed by atoms with van der Waals surface area (Å²) in [5, 5.41) is 27.7. The van der Waals surface area contributed by atoms with Crippen LogP contribution in [0.25, 0.3) is 10.9 Å². The Hall–Kier alpha value is -2.85. The summed E-state index contributed by atoms with van der Waals surface area (Å²) in [4.78, 5) is 25.8. The Morgan fingerprint density at radius 1 is 1.16 bits per heavy atom. The Balaban J connectivity index is 1.28. The first-order valence-corrected chi connectivity index (χ1v) is 15.9. The third-order valence-corrected chi connectivity index (χ3v) is 10.6. The molecule has 3 aliphatic carbocycles. The van der Waals surface area contributed by atoms with E-state index in [9.17, 15) is 15.0 Å². The molecule has 7 rings (SSSR count). The van der Waals surface area contributed by atoms with E-state index in [0.717, 1.165) is 23.6 Å². The SMILES string of the molecule is CC1[C@@H](/N=C(/Nc2ccc3c(=O)n(CCc4ccc(Cl)cc4Cl)c(NCCO)nc3c2)N2CC(O)C2)C[C@@H]2C[C@H]1C2(C)C. The minimum Gasteiger partial charge on any atom is -0.395 e. The molecule has 2 heterocycles. The molecule has 4 aliphatic rings. The van der Waals surface area contributed by atoms with Crippen molar-refractivity contribution in [2.45, 2.75) is 58.7 Å². The van der Waals surface area contributed by atoms with E-state index < -0.39 is 0 Å². The molecule has 1 unspecified atom stereocenters. The van der Waals surface area contributed by atoms with Crippen molar-refractivity contribution in [2.75, 3.05) is 36.9 Å². The molecular formula is C32H40Cl2N6O3. The third kappa shape index (κ3) is 5.84. The first-order valence-electron chi connectivity index (χ1n) is 15.2. The van der Waals surface area contributed by atoms with Crippen LogP contribution in [-0.2, 0) is 13.0 Å². The van der Waals surface area contributed by atoms with E-state index in [1.807, 2.05) is 18.2 Å². The van der Waals surface area contributed by atoms with Crippen LogP contribution in [0.5, 0.6) is 0 Å². The van der Waals surface area contributed by atoms with Gasteiger partial charge in [-0.15, -0.1) is 0 Å². The van der Waals surface area contributed by atoms with Crippen molar-refractivity contribution in [2.24, 2.45) is 28.2 Å². The molecule has 0 spiro atoms. The zero-order valence-electron chi connectivity index (χ0n) is 24.9. The Kier molecular flexibility index (Phi) is 8.37. The van der Waals surface area contributed by atoms with Gasteiger partial charge in [0.15, 0.2) is 5.96 Å². The van der Waals surface area contributed by atoms with Crippen LogP contribution in [0, 0.1) is 23.2 Å². The van der Waals surface area contributed by atoms with Gasteiger partial charge in [0.2, 0.25) is 5.95 Å². The van der Waals surface area contributed by atoms with Crippen LogP contribution in [0.1, 0.15) is 39.2 Å². The minimum absolute atomic E-state index is 0.0987. The number of β-amino-alcohol motifs (C(OH)–C–C–N with tert-alkyl or cyclic N) is 1. The molecule has 11 heteroatoms. The quantitative estimate of drug-likeness (QED) is 0.208. The van der Waals surface area contributed by atoms with Crippen molar-refractivity contribution in [3.05, 3.63) is 62.4 Å². The number of nitrogens with one attached hydrogen (secondary N) is 2. The fourth-order valence-corrected chi connectivity index (χ4v) is 7.67. The molecule has 4 N–H and O–H groups in total. The fourth-order valence-electron chi connectivity index (χ4n) is 7.17. The highest BCUT2D eigenvalue weighted by Gasteiger charge is 2.56.